The molecule has 1 saturated carbocycles. The predicted molar refractivity (Wildman–Crippen MR) is 205 cm³/mol. The van der Waals surface area contributed by atoms with Crippen molar-refractivity contribution in [1.29, 1.82) is 0 Å². The van der Waals surface area contributed by atoms with E-state index in [1.807, 2.05) is 48.5 Å². The first kappa shape index (κ1) is 33.0. The number of aliphatic hydroxyl groups excluding tert-OH is 2. The zero-order valence-corrected chi connectivity index (χ0v) is 28.1. The number of hydrogen-bond donors (Lipinski definition) is 4. The summed E-state index contributed by atoms with van der Waals surface area (Å²) in [7, 11) is 0. The van der Waals surface area contributed by atoms with Gasteiger partial charge >= 0.3 is 0 Å². The lowest BCUT2D eigenvalue weighted by atomic mass is 9.79. The van der Waals surface area contributed by atoms with Crippen molar-refractivity contribution in [3.63, 3.8) is 0 Å². The molecule has 0 aromatic heterocycles. The van der Waals surface area contributed by atoms with Crippen LogP contribution in [-0.4, -0.2) is 34.5 Å². The lowest BCUT2D eigenvalue weighted by Gasteiger charge is -2.47. The monoisotopic (exact) mass is 660 g/mol. The van der Waals surface area contributed by atoms with Crippen molar-refractivity contribution >= 4 is 22.7 Å². The Morgan fingerprint density at radius 3 is 0.880 bits per heavy atom. The van der Waals surface area contributed by atoms with Crippen LogP contribution in [0.1, 0.15) is 22.3 Å². The predicted octanol–water partition coefficient (Wildman–Crippen LogP) is 8.10. The topological polar surface area (TPSA) is 71.0 Å². The van der Waals surface area contributed by atoms with Gasteiger partial charge < -0.3 is 30.6 Å². The van der Waals surface area contributed by atoms with E-state index < -0.39 is 24.3 Å². The van der Waals surface area contributed by atoms with Gasteiger partial charge in [-0.2, -0.15) is 0 Å². The summed E-state index contributed by atoms with van der Waals surface area (Å²) < 4.78 is 0. The van der Waals surface area contributed by atoms with E-state index in [1.54, 1.807) is 0 Å². The van der Waals surface area contributed by atoms with Crippen molar-refractivity contribution in [2.45, 2.75) is 50.5 Å². The third-order valence-electron chi connectivity index (χ3n) is 9.47. The molecule has 6 nitrogen and oxygen atoms in total. The fraction of sp³-hybridized carbons (Fsp3) is 0.182. The van der Waals surface area contributed by atoms with Crippen LogP contribution < -0.4 is 20.4 Å². The van der Waals surface area contributed by atoms with E-state index in [1.165, 1.54) is 22.3 Å². The van der Waals surface area contributed by atoms with Crippen LogP contribution in [0.5, 0.6) is 0 Å². The maximum atomic E-state index is 11.1. The molecule has 0 heterocycles. The zero-order valence-electron chi connectivity index (χ0n) is 28.1. The first-order valence-corrected chi connectivity index (χ1v) is 17.3. The standard InChI is InChI=1S/C44H44N4O2/c49-43-41(45-37-21-25-39(26-22-37)47(29-33-13-5-1-6-14-33)30-34-15-7-2-8-16-34)44(50)42(43)46-38-23-27-40(28-24-38)48(31-35-17-9-3-10-18-35)32-36-19-11-4-12-20-36/h1-28,41-46,49-50H,29-32H2. The molecule has 0 bridgehead atoms. The summed E-state index contributed by atoms with van der Waals surface area (Å²) >= 11 is 0. The second-order valence-electron chi connectivity index (χ2n) is 13.1. The summed E-state index contributed by atoms with van der Waals surface area (Å²) in [5.41, 5.74) is 8.91. The molecule has 50 heavy (non-hydrogen) atoms. The molecule has 0 unspecified atom stereocenters. The van der Waals surface area contributed by atoms with Gasteiger partial charge in [0.15, 0.2) is 0 Å². The summed E-state index contributed by atoms with van der Waals surface area (Å²) in [6.07, 6.45) is -1.52. The Bertz CT molecular complexity index is 1660. The van der Waals surface area contributed by atoms with Gasteiger partial charge in [-0.3, -0.25) is 0 Å². The summed E-state index contributed by atoms with van der Waals surface area (Å²) in [6.45, 7) is 3.15. The third-order valence-corrected chi connectivity index (χ3v) is 9.47. The molecule has 4 N–H and O–H groups in total. The van der Waals surface area contributed by atoms with Crippen molar-refractivity contribution in [3.8, 4) is 0 Å². The van der Waals surface area contributed by atoms with Crippen molar-refractivity contribution in [2.75, 3.05) is 20.4 Å². The van der Waals surface area contributed by atoms with E-state index in [-0.39, 0.29) is 0 Å². The molecular formula is C44H44N4O2. The summed E-state index contributed by atoms with van der Waals surface area (Å²) in [4.78, 5) is 4.71. The minimum atomic E-state index is -0.760. The normalized spacial score (nSPS) is 18.1. The van der Waals surface area contributed by atoms with Gasteiger partial charge in [-0.15, -0.1) is 0 Å². The number of nitrogens with zero attached hydrogens (tertiary/aromatic N) is 2. The summed E-state index contributed by atoms with van der Waals surface area (Å²) in [5, 5.41) is 28.9. The highest BCUT2D eigenvalue weighted by Gasteiger charge is 2.49. The number of aliphatic hydroxyl groups is 2. The van der Waals surface area contributed by atoms with Crippen molar-refractivity contribution < 1.29 is 10.2 Å². The van der Waals surface area contributed by atoms with Crippen LogP contribution in [0.2, 0.25) is 0 Å². The highest BCUT2D eigenvalue weighted by Crippen LogP contribution is 2.31. The van der Waals surface area contributed by atoms with E-state index >= 15 is 0 Å². The summed E-state index contributed by atoms with van der Waals surface area (Å²) in [5.74, 6) is 0. The molecular weight excluding hydrogens is 617 g/mol. The van der Waals surface area contributed by atoms with E-state index in [9.17, 15) is 10.2 Å². The largest absolute Gasteiger partial charge is 0.389 e. The molecule has 0 saturated heterocycles. The second-order valence-corrected chi connectivity index (χ2v) is 13.1. The van der Waals surface area contributed by atoms with Gasteiger partial charge in [-0.25, -0.2) is 0 Å². The van der Waals surface area contributed by atoms with E-state index in [0.717, 1.165) is 48.9 Å². The Hall–Kier alpha value is -5.56. The number of rotatable bonds is 14. The van der Waals surface area contributed by atoms with Gasteiger partial charge in [0.25, 0.3) is 0 Å². The maximum Gasteiger partial charge on any atom is 0.0993 e. The van der Waals surface area contributed by atoms with Crippen molar-refractivity contribution in [3.05, 3.63) is 192 Å². The van der Waals surface area contributed by atoms with E-state index in [4.69, 9.17) is 0 Å². The molecule has 6 aromatic carbocycles. The molecule has 0 radical (unpaired) electrons. The fourth-order valence-corrected chi connectivity index (χ4v) is 6.66. The van der Waals surface area contributed by atoms with Crippen molar-refractivity contribution in [1.82, 2.24) is 0 Å². The van der Waals surface area contributed by atoms with Gasteiger partial charge in [0.1, 0.15) is 0 Å². The SMILES string of the molecule is OC1C(Nc2ccc(N(Cc3ccccc3)Cc3ccccc3)cc2)C(O)C1Nc1ccc(N(Cc2ccccc2)Cc2ccccc2)cc1. The highest BCUT2D eigenvalue weighted by atomic mass is 16.3. The molecule has 252 valence electrons. The van der Waals surface area contributed by atoms with Crippen LogP contribution >= 0.6 is 0 Å². The first-order chi connectivity index (χ1) is 24.6. The Morgan fingerprint density at radius 2 is 0.620 bits per heavy atom. The van der Waals surface area contributed by atoms with Gasteiger partial charge in [0, 0.05) is 48.9 Å². The smallest absolute Gasteiger partial charge is 0.0993 e. The zero-order chi connectivity index (χ0) is 34.1. The van der Waals surface area contributed by atoms with Crippen LogP contribution in [0.15, 0.2) is 170 Å². The van der Waals surface area contributed by atoms with E-state index in [2.05, 4.69) is 142 Å². The van der Waals surface area contributed by atoms with Gasteiger partial charge in [0.05, 0.1) is 24.3 Å². The number of benzene rings is 6. The minimum Gasteiger partial charge on any atom is -0.389 e. The second kappa shape index (κ2) is 15.8. The molecule has 0 spiro atoms. The first-order valence-electron chi connectivity index (χ1n) is 17.3. The molecule has 1 aliphatic rings. The highest BCUT2D eigenvalue weighted by molar-refractivity contribution is 5.59. The number of hydrogen-bond acceptors (Lipinski definition) is 6. The van der Waals surface area contributed by atoms with Crippen LogP contribution in [-0.2, 0) is 26.2 Å². The molecule has 0 atom stereocenters. The quantitative estimate of drug-likeness (QED) is 0.0947. The average molecular weight is 661 g/mol. The van der Waals surface area contributed by atoms with Crippen LogP contribution in [0.3, 0.4) is 0 Å². The average Bonchev–Trinajstić information content (AvgIpc) is 3.17. The Morgan fingerprint density at radius 1 is 0.360 bits per heavy atom. The molecule has 6 heteroatoms. The Labute approximate surface area is 295 Å². The molecule has 0 aliphatic heterocycles. The van der Waals surface area contributed by atoms with E-state index in [0.29, 0.717) is 0 Å². The number of nitrogens with one attached hydrogen (secondary N) is 2. The van der Waals surface area contributed by atoms with Crippen LogP contribution in [0, 0.1) is 0 Å². The fourth-order valence-electron chi connectivity index (χ4n) is 6.66. The Kier molecular flexibility index (Phi) is 10.4. The van der Waals surface area contributed by atoms with Crippen molar-refractivity contribution in [2.24, 2.45) is 0 Å². The molecule has 6 aromatic rings. The molecule has 1 fully saturated rings. The lowest BCUT2D eigenvalue weighted by Crippen LogP contribution is -2.69. The molecule has 0 amide bonds. The Balaban J connectivity index is 0.974. The molecule has 1 aliphatic carbocycles. The van der Waals surface area contributed by atoms with Gasteiger partial charge in [0.2, 0.25) is 0 Å². The minimum absolute atomic E-state index is 0.477. The molecule has 7 rings (SSSR count). The van der Waals surface area contributed by atoms with Crippen LogP contribution in [0.4, 0.5) is 22.7 Å². The van der Waals surface area contributed by atoms with Gasteiger partial charge in [-0.05, 0) is 70.8 Å². The lowest BCUT2D eigenvalue weighted by molar-refractivity contribution is -0.0537. The summed E-state index contributed by atoms with van der Waals surface area (Å²) in [6, 6.07) is 57.5. The maximum absolute atomic E-state index is 11.1. The number of anilines is 4. The van der Waals surface area contributed by atoms with Crippen LogP contribution in [0.25, 0.3) is 0 Å². The van der Waals surface area contributed by atoms with Gasteiger partial charge in [-0.1, -0.05) is 121 Å². The third kappa shape index (κ3) is 8.17.